The van der Waals surface area contributed by atoms with Crippen molar-refractivity contribution < 1.29 is 8.94 Å². The van der Waals surface area contributed by atoms with E-state index in [0.29, 0.717) is 22.8 Å². The van der Waals surface area contributed by atoms with Gasteiger partial charge >= 0.3 is 5.76 Å². The molecule has 2 aromatic heterocycles. The molecule has 0 aliphatic heterocycles. The van der Waals surface area contributed by atoms with E-state index in [4.69, 9.17) is 8.94 Å². The molecule has 4 rings (SSSR count). The summed E-state index contributed by atoms with van der Waals surface area (Å²) in [5.74, 6) is 0.358. The van der Waals surface area contributed by atoms with Crippen LogP contribution >= 0.6 is 15.9 Å². The van der Waals surface area contributed by atoms with E-state index in [1.807, 2.05) is 42.5 Å². The third kappa shape index (κ3) is 2.49. The highest BCUT2D eigenvalue weighted by Crippen LogP contribution is 2.26. The number of para-hydroxylation sites is 2. The highest BCUT2D eigenvalue weighted by Gasteiger charge is 2.15. The van der Waals surface area contributed by atoms with Gasteiger partial charge in [0.25, 0.3) is 5.89 Å². The molecule has 2 aromatic carbocycles. The number of nitrogens with zero attached hydrogens (tertiary/aromatic N) is 3. The van der Waals surface area contributed by atoms with E-state index in [0.717, 1.165) is 10.0 Å². The van der Waals surface area contributed by atoms with E-state index in [2.05, 4.69) is 26.1 Å². The van der Waals surface area contributed by atoms with E-state index in [9.17, 15) is 4.79 Å². The first-order valence-electron chi connectivity index (χ1n) is 6.88. The second-order valence-electron chi connectivity index (χ2n) is 4.92. The third-order valence-corrected chi connectivity index (χ3v) is 4.14. The average Bonchev–Trinajstić information content (AvgIpc) is 3.14. The molecule has 0 aliphatic rings. The normalized spacial score (nSPS) is 11.2. The number of aromatic nitrogens is 3. The van der Waals surface area contributed by atoms with E-state index in [1.54, 1.807) is 6.07 Å². The van der Waals surface area contributed by atoms with Gasteiger partial charge in [0.1, 0.15) is 0 Å². The first-order chi connectivity index (χ1) is 11.2. The Morgan fingerprint density at radius 3 is 2.74 bits per heavy atom. The molecule has 6 nitrogen and oxygen atoms in total. The fourth-order valence-corrected chi connectivity index (χ4v) is 2.82. The first kappa shape index (κ1) is 14.0. The van der Waals surface area contributed by atoms with Crippen molar-refractivity contribution in [1.29, 1.82) is 0 Å². The molecule has 0 saturated carbocycles. The molecule has 23 heavy (non-hydrogen) atoms. The van der Waals surface area contributed by atoms with Gasteiger partial charge in [0.05, 0.1) is 17.6 Å². The van der Waals surface area contributed by atoms with Gasteiger partial charge in [0.15, 0.2) is 11.4 Å². The molecule has 4 aromatic rings. The molecule has 114 valence electrons. The Morgan fingerprint density at radius 1 is 1.09 bits per heavy atom. The lowest BCUT2D eigenvalue weighted by molar-refractivity contribution is 0.418. The highest BCUT2D eigenvalue weighted by molar-refractivity contribution is 9.10. The van der Waals surface area contributed by atoms with Gasteiger partial charge in [-0.1, -0.05) is 29.4 Å². The van der Waals surface area contributed by atoms with Crippen LogP contribution in [0.1, 0.15) is 5.82 Å². The maximum Gasteiger partial charge on any atom is 0.420 e. The Hall–Kier alpha value is -2.67. The minimum atomic E-state index is -0.446. The summed E-state index contributed by atoms with van der Waals surface area (Å²) in [5.41, 5.74) is 2.03. The van der Waals surface area contributed by atoms with Crippen LogP contribution in [0.3, 0.4) is 0 Å². The summed E-state index contributed by atoms with van der Waals surface area (Å²) >= 11 is 3.45. The molecule has 0 spiro atoms. The van der Waals surface area contributed by atoms with Crippen molar-refractivity contribution in [3.63, 3.8) is 0 Å². The van der Waals surface area contributed by atoms with Crippen molar-refractivity contribution in [2.45, 2.75) is 6.54 Å². The standard InChI is InChI=1S/C16H10BrN3O3/c17-11-6-2-1-5-10(11)15-18-14(19-23-15)9-20-12-7-3-4-8-13(12)22-16(20)21/h1-8H,9H2. The third-order valence-electron chi connectivity index (χ3n) is 3.45. The summed E-state index contributed by atoms with van der Waals surface area (Å²) in [7, 11) is 0. The number of halogens is 1. The number of fused-ring (bicyclic) bond motifs is 1. The zero-order valence-corrected chi connectivity index (χ0v) is 13.4. The van der Waals surface area contributed by atoms with Crippen LogP contribution in [0, 0.1) is 0 Å². The van der Waals surface area contributed by atoms with Crippen LogP contribution in [-0.4, -0.2) is 14.7 Å². The summed E-state index contributed by atoms with van der Waals surface area (Å²) in [5, 5.41) is 3.95. The Kier molecular flexibility index (Phi) is 3.34. The molecule has 0 amide bonds. The molecule has 0 atom stereocenters. The summed E-state index contributed by atoms with van der Waals surface area (Å²) in [6, 6.07) is 14.8. The van der Waals surface area contributed by atoms with Crippen LogP contribution in [0.2, 0.25) is 0 Å². The number of hydrogen-bond acceptors (Lipinski definition) is 5. The SMILES string of the molecule is O=c1oc2ccccc2n1Cc1noc(-c2ccccc2Br)n1. The molecule has 2 heterocycles. The summed E-state index contributed by atoms with van der Waals surface area (Å²) in [6.45, 7) is 0.184. The Morgan fingerprint density at radius 2 is 1.87 bits per heavy atom. The number of rotatable bonds is 3. The quantitative estimate of drug-likeness (QED) is 0.551. The zero-order valence-electron chi connectivity index (χ0n) is 11.8. The van der Waals surface area contributed by atoms with Crippen LogP contribution in [0.5, 0.6) is 0 Å². The molecular weight excluding hydrogens is 362 g/mol. The minimum Gasteiger partial charge on any atom is -0.408 e. The van der Waals surface area contributed by atoms with E-state index in [-0.39, 0.29) is 6.54 Å². The van der Waals surface area contributed by atoms with Crippen LogP contribution in [-0.2, 0) is 6.54 Å². The van der Waals surface area contributed by atoms with Crippen LogP contribution in [0.25, 0.3) is 22.6 Å². The van der Waals surface area contributed by atoms with Gasteiger partial charge in [-0.25, -0.2) is 4.79 Å². The molecule has 0 bridgehead atoms. The lowest BCUT2D eigenvalue weighted by Gasteiger charge is -1.97. The lowest BCUT2D eigenvalue weighted by Crippen LogP contribution is -2.15. The van der Waals surface area contributed by atoms with Gasteiger partial charge in [-0.15, -0.1) is 0 Å². The summed E-state index contributed by atoms with van der Waals surface area (Å²) in [6.07, 6.45) is 0. The van der Waals surface area contributed by atoms with E-state index >= 15 is 0 Å². The molecule has 0 unspecified atom stereocenters. The summed E-state index contributed by atoms with van der Waals surface area (Å²) < 4.78 is 12.8. The van der Waals surface area contributed by atoms with Crippen molar-refractivity contribution in [2.75, 3.05) is 0 Å². The highest BCUT2D eigenvalue weighted by atomic mass is 79.9. The fraction of sp³-hybridized carbons (Fsp3) is 0.0625. The maximum absolute atomic E-state index is 12.0. The van der Waals surface area contributed by atoms with Crippen molar-refractivity contribution in [1.82, 2.24) is 14.7 Å². The molecule has 0 aliphatic carbocycles. The lowest BCUT2D eigenvalue weighted by atomic mass is 10.2. The Bertz CT molecular complexity index is 1050. The van der Waals surface area contributed by atoms with Gasteiger partial charge < -0.3 is 8.94 Å². The molecule has 0 N–H and O–H groups in total. The van der Waals surface area contributed by atoms with Crippen molar-refractivity contribution in [3.8, 4) is 11.5 Å². The van der Waals surface area contributed by atoms with E-state index in [1.165, 1.54) is 4.57 Å². The van der Waals surface area contributed by atoms with Crippen molar-refractivity contribution in [2.24, 2.45) is 0 Å². The molecular formula is C16H10BrN3O3. The molecule has 0 saturated heterocycles. The Balaban J connectivity index is 1.72. The average molecular weight is 372 g/mol. The monoisotopic (exact) mass is 371 g/mol. The first-order valence-corrected chi connectivity index (χ1v) is 7.67. The molecule has 0 radical (unpaired) electrons. The van der Waals surface area contributed by atoms with Gasteiger partial charge in [-0.05, 0) is 40.2 Å². The van der Waals surface area contributed by atoms with Crippen LogP contribution in [0.15, 0.2) is 66.7 Å². The zero-order chi connectivity index (χ0) is 15.8. The Labute approximate surface area is 138 Å². The van der Waals surface area contributed by atoms with E-state index < -0.39 is 5.76 Å². The predicted octanol–water partition coefficient (Wildman–Crippen LogP) is 3.46. The van der Waals surface area contributed by atoms with Gasteiger partial charge in [-0.2, -0.15) is 4.98 Å². The smallest absolute Gasteiger partial charge is 0.408 e. The number of hydrogen-bond donors (Lipinski definition) is 0. The number of benzene rings is 2. The second kappa shape index (κ2) is 5.51. The topological polar surface area (TPSA) is 74.1 Å². The largest absolute Gasteiger partial charge is 0.420 e. The second-order valence-corrected chi connectivity index (χ2v) is 5.77. The molecule has 7 heteroatoms. The van der Waals surface area contributed by atoms with Crippen LogP contribution < -0.4 is 5.76 Å². The van der Waals surface area contributed by atoms with Gasteiger partial charge in [0.2, 0.25) is 0 Å². The maximum atomic E-state index is 12.0. The minimum absolute atomic E-state index is 0.184. The fourth-order valence-electron chi connectivity index (χ4n) is 2.37. The summed E-state index contributed by atoms with van der Waals surface area (Å²) in [4.78, 5) is 16.3. The van der Waals surface area contributed by atoms with Crippen molar-refractivity contribution in [3.05, 3.63) is 69.4 Å². The van der Waals surface area contributed by atoms with Gasteiger partial charge in [0, 0.05) is 4.47 Å². The predicted molar refractivity (Wildman–Crippen MR) is 87.0 cm³/mol. The van der Waals surface area contributed by atoms with Crippen LogP contribution in [0.4, 0.5) is 0 Å². The number of oxazole rings is 1. The molecule has 0 fully saturated rings. The van der Waals surface area contributed by atoms with Gasteiger partial charge in [-0.3, -0.25) is 4.57 Å². The van der Waals surface area contributed by atoms with Crippen molar-refractivity contribution >= 4 is 27.0 Å².